The number of methoxy groups -OCH3 is 1. The number of carbonyl (C=O) groups excluding carboxylic acids is 1. The van der Waals surface area contributed by atoms with Crippen LogP contribution in [0.25, 0.3) is 0 Å². The summed E-state index contributed by atoms with van der Waals surface area (Å²) in [5.41, 5.74) is 0. The molecule has 1 amide bonds. The highest BCUT2D eigenvalue weighted by molar-refractivity contribution is 5.67. The van der Waals surface area contributed by atoms with Crippen LogP contribution >= 0.6 is 0 Å². The smallest absolute Gasteiger partial charge is 0.407 e. The van der Waals surface area contributed by atoms with Crippen LogP contribution in [0.5, 0.6) is 0 Å². The van der Waals surface area contributed by atoms with Crippen LogP contribution in [0, 0.1) is 0 Å². The van der Waals surface area contributed by atoms with E-state index < -0.39 is 0 Å². The first kappa shape index (κ1) is 18.3. The van der Waals surface area contributed by atoms with Crippen LogP contribution < -0.4 is 15.5 Å². The Kier molecular flexibility index (Phi) is 7.05. The molecule has 1 heterocycles. The lowest BCUT2D eigenvalue weighted by atomic mass is 9.91. The molecule has 2 N–H and O–H groups in total. The number of anilines is 2. The molecule has 1 saturated carbocycles. The number of carbonyl (C=O) groups is 1. The molecule has 0 bridgehead atoms. The summed E-state index contributed by atoms with van der Waals surface area (Å²) in [6, 6.07) is 2.36. The van der Waals surface area contributed by atoms with Gasteiger partial charge in [-0.3, -0.25) is 0 Å². The van der Waals surface area contributed by atoms with Crippen LogP contribution in [-0.4, -0.2) is 62.6 Å². The van der Waals surface area contributed by atoms with E-state index >= 15 is 0 Å². The number of nitrogens with zero attached hydrogens (tertiary/aromatic N) is 3. The predicted molar refractivity (Wildman–Crippen MR) is 92.4 cm³/mol. The second-order valence-electron chi connectivity index (χ2n) is 6.10. The molecule has 8 heteroatoms. The van der Waals surface area contributed by atoms with Gasteiger partial charge >= 0.3 is 6.09 Å². The fourth-order valence-corrected chi connectivity index (χ4v) is 2.66. The third-order valence-corrected chi connectivity index (χ3v) is 4.00. The molecule has 8 nitrogen and oxygen atoms in total. The number of ether oxygens (including phenoxy) is 2. The molecule has 0 spiro atoms. The monoisotopic (exact) mass is 337 g/mol. The highest BCUT2D eigenvalue weighted by Gasteiger charge is 2.23. The van der Waals surface area contributed by atoms with Crippen LogP contribution in [0.2, 0.25) is 0 Å². The molecular weight excluding hydrogens is 310 g/mol. The summed E-state index contributed by atoms with van der Waals surface area (Å²) < 4.78 is 9.88. The Balaban J connectivity index is 1.73. The molecular formula is C16H27N5O3. The maximum Gasteiger partial charge on any atom is 0.407 e. The second kappa shape index (κ2) is 9.27. The number of hydrogen-bond acceptors (Lipinski definition) is 7. The van der Waals surface area contributed by atoms with Crippen LogP contribution in [0.1, 0.15) is 25.7 Å². The lowest BCUT2D eigenvalue weighted by Gasteiger charge is -2.29. The van der Waals surface area contributed by atoms with Crippen molar-refractivity contribution in [3.05, 3.63) is 12.3 Å². The van der Waals surface area contributed by atoms with Gasteiger partial charge in [0.25, 0.3) is 0 Å². The zero-order valence-corrected chi connectivity index (χ0v) is 14.6. The first-order valence-corrected chi connectivity index (χ1v) is 8.27. The standard InChI is InChI=1S/C16H27N5O3/c1-21(2)14-8-9-17-15(20-14)18-12-4-6-13(7-5-12)19-16(22)24-11-10-23-3/h8-9,12-13H,4-7,10-11H2,1-3H3,(H,19,22)(H,17,18,20). The molecule has 1 aromatic heterocycles. The van der Waals surface area contributed by atoms with Crippen molar-refractivity contribution in [1.82, 2.24) is 15.3 Å². The van der Waals surface area contributed by atoms with Crippen molar-refractivity contribution in [3.63, 3.8) is 0 Å². The molecule has 0 unspecified atom stereocenters. The molecule has 1 aromatic rings. The second-order valence-corrected chi connectivity index (χ2v) is 6.10. The number of aromatic nitrogens is 2. The maximum absolute atomic E-state index is 11.6. The molecule has 2 rings (SSSR count). The van der Waals surface area contributed by atoms with Gasteiger partial charge in [0.05, 0.1) is 6.61 Å². The molecule has 1 aliphatic rings. The van der Waals surface area contributed by atoms with Crippen molar-refractivity contribution in [2.45, 2.75) is 37.8 Å². The average Bonchev–Trinajstić information content (AvgIpc) is 2.57. The molecule has 0 saturated heterocycles. The van der Waals surface area contributed by atoms with Crippen molar-refractivity contribution < 1.29 is 14.3 Å². The largest absolute Gasteiger partial charge is 0.447 e. The highest BCUT2D eigenvalue weighted by atomic mass is 16.6. The average molecular weight is 337 g/mol. The van der Waals surface area contributed by atoms with E-state index in [1.807, 2.05) is 25.1 Å². The zero-order valence-electron chi connectivity index (χ0n) is 14.6. The molecule has 24 heavy (non-hydrogen) atoms. The normalized spacial score (nSPS) is 20.3. The summed E-state index contributed by atoms with van der Waals surface area (Å²) in [6.07, 6.45) is 5.12. The van der Waals surface area contributed by atoms with E-state index in [9.17, 15) is 4.79 Å². The summed E-state index contributed by atoms with van der Waals surface area (Å²) >= 11 is 0. The van der Waals surface area contributed by atoms with Gasteiger partial charge in [-0.15, -0.1) is 0 Å². The van der Waals surface area contributed by atoms with Gasteiger partial charge in [-0.1, -0.05) is 0 Å². The van der Waals surface area contributed by atoms with E-state index in [0.29, 0.717) is 18.6 Å². The van der Waals surface area contributed by atoms with Crippen molar-refractivity contribution in [2.75, 3.05) is 44.6 Å². The summed E-state index contributed by atoms with van der Waals surface area (Å²) in [6.45, 7) is 0.689. The summed E-state index contributed by atoms with van der Waals surface area (Å²) in [4.78, 5) is 22.3. The van der Waals surface area contributed by atoms with Crippen LogP contribution in [-0.2, 0) is 9.47 Å². The third-order valence-electron chi connectivity index (χ3n) is 4.00. The van der Waals surface area contributed by atoms with Gasteiger partial charge in [-0.05, 0) is 31.7 Å². The lowest BCUT2D eigenvalue weighted by molar-refractivity contribution is 0.0950. The van der Waals surface area contributed by atoms with Crippen molar-refractivity contribution >= 4 is 17.9 Å². The van der Waals surface area contributed by atoms with Crippen LogP contribution in [0.4, 0.5) is 16.6 Å². The van der Waals surface area contributed by atoms with Gasteiger partial charge in [-0.2, -0.15) is 4.98 Å². The Morgan fingerprint density at radius 3 is 2.62 bits per heavy atom. The minimum absolute atomic E-state index is 0.159. The van der Waals surface area contributed by atoms with E-state index in [1.54, 1.807) is 13.3 Å². The molecule has 134 valence electrons. The van der Waals surface area contributed by atoms with Gasteiger partial charge in [0, 0.05) is 39.5 Å². The number of nitrogens with one attached hydrogen (secondary N) is 2. The fraction of sp³-hybridized carbons (Fsp3) is 0.688. The van der Waals surface area contributed by atoms with Crippen molar-refractivity contribution in [3.8, 4) is 0 Å². The van der Waals surface area contributed by atoms with Gasteiger partial charge in [-0.25, -0.2) is 9.78 Å². The highest BCUT2D eigenvalue weighted by Crippen LogP contribution is 2.21. The minimum atomic E-state index is -0.370. The Morgan fingerprint density at radius 1 is 1.25 bits per heavy atom. The Labute approximate surface area is 142 Å². The molecule has 0 atom stereocenters. The first-order chi connectivity index (χ1) is 11.6. The van der Waals surface area contributed by atoms with E-state index in [2.05, 4.69) is 20.6 Å². The van der Waals surface area contributed by atoms with Crippen LogP contribution in [0.15, 0.2) is 12.3 Å². The molecule has 1 aliphatic carbocycles. The van der Waals surface area contributed by atoms with E-state index in [0.717, 1.165) is 31.5 Å². The topological polar surface area (TPSA) is 88.6 Å². The quantitative estimate of drug-likeness (QED) is 0.731. The van der Waals surface area contributed by atoms with E-state index in [1.165, 1.54) is 0 Å². The zero-order chi connectivity index (χ0) is 17.4. The SMILES string of the molecule is COCCOC(=O)NC1CCC(Nc2nccc(N(C)C)n2)CC1. The summed E-state index contributed by atoms with van der Waals surface area (Å²) in [7, 11) is 5.48. The Bertz CT molecular complexity index is 518. The molecule has 0 aromatic carbocycles. The van der Waals surface area contributed by atoms with Gasteiger partial charge in [0.2, 0.25) is 5.95 Å². The first-order valence-electron chi connectivity index (χ1n) is 8.27. The third kappa shape index (κ3) is 5.84. The van der Waals surface area contributed by atoms with E-state index in [4.69, 9.17) is 9.47 Å². The van der Waals surface area contributed by atoms with Crippen molar-refractivity contribution in [2.24, 2.45) is 0 Å². The fourth-order valence-electron chi connectivity index (χ4n) is 2.66. The maximum atomic E-state index is 11.6. The lowest BCUT2D eigenvalue weighted by Crippen LogP contribution is -2.40. The van der Waals surface area contributed by atoms with Gasteiger partial charge in [0.15, 0.2) is 0 Å². The van der Waals surface area contributed by atoms with Gasteiger partial charge < -0.3 is 25.0 Å². The predicted octanol–water partition coefficient (Wildman–Crippen LogP) is 1.64. The number of rotatable bonds is 7. The summed E-state index contributed by atoms with van der Waals surface area (Å²) in [5, 5.41) is 6.29. The van der Waals surface area contributed by atoms with Crippen LogP contribution in [0.3, 0.4) is 0 Å². The Morgan fingerprint density at radius 2 is 1.96 bits per heavy atom. The molecule has 0 aliphatic heterocycles. The molecule has 0 radical (unpaired) electrons. The summed E-state index contributed by atoms with van der Waals surface area (Å²) in [5.74, 6) is 1.53. The number of hydrogen-bond donors (Lipinski definition) is 2. The minimum Gasteiger partial charge on any atom is -0.447 e. The number of alkyl carbamates (subject to hydrolysis) is 1. The van der Waals surface area contributed by atoms with E-state index in [-0.39, 0.29) is 18.7 Å². The van der Waals surface area contributed by atoms with Gasteiger partial charge in [0.1, 0.15) is 12.4 Å². The Hall–Kier alpha value is -2.09. The molecule has 1 fully saturated rings. The number of amides is 1. The van der Waals surface area contributed by atoms with Crippen molar-refractivity contribution in [1.29, 1.82) is 0 Å².